The molecule has 0 aliphatic carbocycles. The first-order valence-corrected chi connectivity index (χ1v) is 7.08. The van der Waals surface area contributed by atoms with Crippen molar-refractivity contribution >= 4 is 6.09 Å². The molecule has 1 rings (SSSR count). The van der Waals surface area contributed by atoms with Crippen molar-refractivity contribution in [3.05, 3.63) is 0 Å². The van der Waals surface area contributed by atoms with Crippen LogP contribution < -0.4 is 5.32 Å². The van der Waals surface area contributed by atoms with Crippen molar-refractivity contribution in [2.75, 3.05) is 19.6 Å². The summed E-state index contributed by atoms with van der Waals surface area (Å²) in [6.45, 7) is 12.6. The Morgan fingerprint density at radius 2 is 2.06 bits per heavy atom. The molecule has 1 heterocycles. The van der Waals surface area contributed by atoms with Gasteiger partial charge in [0.05, 0.1) is 0 Å². The molecule has 2 atom stereocenters. The fourth-order valence-corrected chi connectivity index (χ4v) is 2.18. The second kappa shape index (κ2) is 6.41. The average molecular weight is 256 g/mol. The molecule has 1 aliphatic heterocycles. The number of nitrogens with zero attached hydrogens (tertiary/aromatic N) is 1. The molecule has 0 spiro atoms. The van der Waals surface area contributed by atoms with Gasteiger partial charge in [0.1, 0.15) is 5.60 Å². The molecule has 1 fully saturated rings. The third-order valence-corrected chi connectivity index (χ3v) is 3.30. The van der Waals surface area contributed by atoms with Gasteiger partial charge in [-0.05, 0) is 39.7 Å². The molecule has 0 bridgehead atoms. The molecule has 18 heavy (non-hydrogen) atoms. The van der Waals surface area contributed by atoms with E-state index in [0.29, 0.717) is 12.0 Å². The molecule has 4 heteroatoms. The van der Waals surface area contributed by atoms with E-state index in [1.165, 1.54) is 6.42 Å². The van der Waals surface area contributed by atoms with E-state index in [4.69, 9.17) is 4.74 Å². The minimum Gasteiger partial charge on any atom is -0.444 e. The first-order valence-electron chi connectivity index (χ1n) is 7.08. The highest BCUT2D eigenvalue weighted by molar-refractivity contribution is 5.68. The van der Waals surface area contributed by atoms with Crippen molar-refractivity contribution in [3.63, 3.8) is 0 Å². The number of carbonyl (C=O) groups is 1. The SMILES string of the molecule is CCCN(CC1NCC1CC)C(=O)OC(C)(C)C. The molecule has 0 aromatic heterocycles. The Morgan fingerprint density at radius 3 is 2.44 bits per heavy atom. The zero-order valence-corrected chi connectivity index (χ0v) is 12.5. The fourth-order valence-electron chi connectivity index (χ4n) is 2.18. The maximum atomic E-state index is 12.1. The molecule has 0 aromatic carbocycles. The Labute approximate surface area is 111 Å². The van der Waals surface area contributed by atoms with E-state index >= 15 is 0 Å². The Hall–Kier alpha value is -0.770. The van der Waals surface area contributed by atoms with Crippen molar-refractivity contribution in [2.45, 2.75) is 59.1 Å². The van der Waals surface area contributed by atoms with Gasteiger partial charge < -0.3 is 15.0 Å². The topological polar surface area (TPSA) is 41.6 Å². The Bertz CT molecular complexity index is 271. The molecule has 0 saturated carbocycles. The highest BCUT2D eigenvalue weighted by Crippen LogP contribution is 2.19. The summed E-state index contributed by atoms with van der Waals surface area (Å²) in [7, 11) is 0. The monoisotopic (exact) mass is 256 g/mol. The van der Waals surface area contributed by atoms with E-state index in [1.54, 1.807) is 0 Å². The van der Waals surface area contributed by atoms with Crippen molar-refractivity contribution in [1.29, 1.82) is 0 Å². The molecule has 0 aromatic rings. The van der Waals surface area contributed by atoms with Crippen LogP contribution in [-0.4, -0.2) is 42.3 Å². The van der Waals surface area contributed by atoms with Gasteiger partial charge in [0.25, 0.3) is 0 Å². The maximum absolute atomic E-state index is 12.1. The van der Waals surface area contributed by atoms with Crippen LogP contribution in [0.3, 0.4) is 0 Å². The number of nitrogens with one attached hydrogen (secondary N) is 1. The standard InChI is InChI=1S/C14H28N2O2/c1-6-8-16(13(17)18-14(3,4)5)10-12-11(7-2)9-15-12/h11-12,15H,6-10H2,1-5H3. The van der Waals surface area contributed by atoms with Crippen LogP contribution in [0.5, 0.6) is 0 Å². The third-order valence-electron chi connectivity index (χ3n) is 3.30. The summed E-state index contributed by atoms with van der Waals surface area (Å²) in [5, 5.41) is 3.40. The van der Waals surface area contributed by atoms with Gasteiger partial charge in [-0.1, -0.05) is 20.3 Å². The summed E-state index contributed by atoms with van der Waals surface area (Å²) in [5.41, 5.74) is -0.416. The largest absolute Gasteiger partial charge is 0.444 e. The minimum absolute atomic E-state index is 0.187. The van der Waals surface area contributed by atoms with E-state index < -0.39 is 5.60 Å². The van der Waals surface area contributed by atoms with E-state index in [0.717, 1.165) is 26.1 Å². The minimum atomic E-state index is -0.416. The van der Waals surface area contributed by atoms with Crippen LogP contribution in [0, 0.1) is 5.92 Å². The number of carbonyl (C=O) groups excluding carboxylic acids is 1. The van der Waals surface area contributed by atoms with Gasteiger partial charge in [-0.25, -0.2) is 4.79 Å². The van der Waals surface area contributed by atoms with Crippen LogP contribution >= 0.6 is 0 Å². The Balaban J connectivity index is 2.51. The summed E-state index contributed by atoms with van der Waals surface area (Å²) in [6.07, 6.45) is 1.95. The summed E-state index contributed by atoms with van der Waals surface area (Å²) < 4.78 is 5.45. The molecular formula is C14H28N2O2. The summed E-state index contributed by atoms with van der Waals surface area (Å²) >= 11 is 0. The van der Waals surface area contributed by atoms with Gasteiger partial charge in [0.2, 0.25) is 0 Å². The highest BCUT2D eigenvalue weighted by atomic mass is 16.6. The van der Waals surface area contributed by atoms with Crippen LogP contribution in [-0.2, 0) is 4.74 Å². The Morgan fingerprint density at radius 1 is 1.39 bits per heavy atom. The van der Waals surface area contributed by atoms with E-state index in [-0.39, 0.29) is 6.09 Å². The molecule has 1 amide bonds. The zero-order chi connectivity index (χ0) is 13.8. The number of rotatable bonds is 5. The lowest BCUT2D eigenvalue weighted by Gasteiger charge is -2.40. The molecule has 1 N–H and O–H groups in total. The van der Waals surface area contributed by atoms with Gasteiger partial charge in [-0.2, -0.15) is 0 Å². The van der Waals surface area contributed by atoms with Gasteiger partial charge >= 0.3 is 6.09 Å². The summed E-state index contributed by atoms with van der Waals surface area (Å²) in [4.78, 5) is 13.9. The second-order valence-corrected chi connectivity index (χ2v) is 6.11. The normalized spacial score (nSPS) is 23.4. The van der Waals surface area contributed by atoms with Crippen LogP contribution in [0.4, 0.5) is 4.79 Å². The van der Waals surface area contributed by atoms with Gasteiger partial charge in [-0.15, -0.1) is 0 Å². The Kier molecular flexibility index (Phi) is 5.45. The maximum Gasteiger partial charge on any atom is 0.410 e. The molecule has 0 radical (unpaired) electrons. The second-order valence-electron chi connectivity index (χ2n) is 6.11. The molecule has 1 saturated heterocycles. The lowest BCUT2D eigenvalue weighted by Crippen LogP contribution is -2.58. The van der Waals surface area contributed by atoms with Crippen molar-refractivity contribution in [3.8, 4) is 0 Å². The number of amides is 1. The van der Waals surface area contributed by atoms with Crippen LogP contribution in [0.2, 0.25) is 0 Å². The molecule has 106 valence electrons. The van der Waals surface area contributed by atoms with Gasteiger partial charge in [-0.3, -0.25) is 0 Å². The number of ether oxygens (including phenoxy) is 1. The number of hydrogen-bond donors (Lipinski definition) is 1. The van der Waals surface area contributed by atoms with Gasteiger partial charge in [0.15, 0.2) is 0 Å². The third kappa shape index (κ3) is 4.48. The molecule has 4 nitrogen and oxygen atoms in total. The number of hydrogen-bond acceptors (Lipinski definition) is 3. The molecule has 1 aliphatic rings. The van der Waals surface area contributed by atoms with E-state index in [2.05, 4.69) is 19.2 Å². The lowest BCUT2D eigenvalue weighted by molar-refractivity contribution is 0.0186. The lowest BCUT2D eigenvalue weighted by atomic mass is 9.89. The smallest absolute Gasteiger partial charge is 0.410 e. The predicted octanol–water partition coefficient (Wildman–Crippen LogP) is 2.63. The van der Waals surface area contributed by atoms with Crippen LogP contribution in [0.25, 0.3) is 0 Å². The van der Waals surface area contributed by atoms with E-state index in [9.17, 15) is 4.79 Å². The highest BCUT2D eigenvalue weighted by Gasteiger charge is 2.32. The molecular weight excluding hydrogens is 228 g/mol. The van der Waals surface area contributed by atoms with Crippen LogP contribution in [0.15, 0.2) is 0 Å². The molecule has 2 unspecified atom stereocenters. The zero-order valence-electron chi connectivity index (χ0n) is 12.5. The fraction of sp³-hybridized carbons (Fsp3) is 0.929. The summed E-state index contributed by atoms with van der Waals surface area (Å²) in [6, 6.07) is 0.439. The van der Waals surface area contributed by atoms with Gasteiger partial charge in [0, 0.05) is 19.1 Å². The summed E-state index contributed by atoms with van der Waals surface area (Å²) in [5.74, 6) is 0.701. The van der Waals surface area contributed by atoms with E-state index in [1.807, 2.05) is 25.7 Å². The average Bonchev–Trinajstić information content (AvgIpc) is 2.20. The first kappa shape index (κ1) is 15.3. The quantitative estimate of drug-likeness (QED) is 0.822. The van der Waals surface area contributed by atoms with Crippen LogP contribution in [0.1, 0.15) is 47.5 Å². The van der Waals surface area contributed by atoms with Crippen molar-refractivity contribution in [2.24, 2.45) is 5.92 Å². The first-order chi connectivity index (χ1) is 8.37. The van der Waals surface area contributed by atoms with Crippen molar-refractivity contribution in [1.82, 2.24) is 10.2 Å². The van der Waals surface area contributed by atoms with Crippen molar-refractivity contribution < 1.29 is 9.53 Å². The predicted molar refractivity (Wildman–Crippen MR) is 73.7 cm³/mol.